The second kappa shape index (κ2) is 16.6. The summed E-state index contributed by atoms with van der Waals surface area (Å²) in [6.45, 7) is 9.03. The summed E-state index contributed by atoms with van der Waals surface area (Å²) in [6.07, 6.45) is -0.670. The highest BCUT2D eigenvalue weighted by Gasteiger charge is 2.60. The Bertz CT molecular complexity index is 2130. The maximum absolute atomic E-state index is 14.4. The highest BCUT2D eigenvalue weighted by atomic mass is 32.2. The molecule has 0 aromatic heterocycles. The molecule has 1 unspecified atom stereocenters. The zero-order chi connectivity index (χ0) is 40.4. The number of likely N-dealkylation sites (tertiary alicyclic amines) is 1. The standard InChI is InChI=1S/C41H44F3N3O8S/c1-5-53-40(48)38(55-31-14-8-28(9-15-31)41(2,3)4)20-26-6-12-30(13-7-26)54-19-18-46(56(51,52)32-16-10-29(11-17-32)47(49)50)39-33-24-45(25-34(33)39)23-27-21-36(43)37(44)22-35(27)42/h6-17,21-22,33-34,38-39H,5,18-20,23-25H2,1-4H3/t33-,34+,38-,39?/m0/s1. The van der Waals surface area contributed by atoms with E-state index in [-0.39, 0.29) is 66.1 Å². The maximum atomic E-state index is 14.4. The monoisotopic (exact) mass is 795 g/mol. The predicted molar refractivity (Wildman–Crippen MR) is 201 cm³/mol. The lowest BCUT2D eigenvalue weighted by Gasteiger charge is -2.27. The molecule has 56 heavy (non-hydrogen) atoms. The van der Waals surface area contributed by atoms with Gasteiger partial charge >= 0.3 is 5.97 Å². The van der Waals surface area contributed by atoms with Gasteiger partial charge in [0.2, 0.25) is 10.0 Å². The molecular formula is C41H44F3N3O8S. The highest BCUT2D eigenvalue weighted by molar-refractivity contribution is 7.89. The molecule has 0 radical (unpaired) electrons. The van der Waals surface area contributed by atoms with Gasteiger partial charge < -0.3 is 14.2 Å². The lowest BCUT2D eigenvalue weighted by atomic mass is 9.87. The molecule has 15 heteroatoms. The number of esters is 1. The van der Waals surface area contributed by atoms with Gasteiger partial charge in [0.25, 0.3) is 5.69 Å². The number of ether oxygens (including phenoxy) is 3. The van der Waals surface area contributed by atoms with Crippen molar-refractivity contribution in [1.29, 1.82) is 0 Å². The molecular weight excluding hydrogens is 752 g/mol. The van der Waals surface area contributed by atoms with Crippen molar-refractivity contribution in [1.82, 2.24) is 9.21 Å². The molecule has 0 N–H and O–H groups in total. The number of nitrogens with zero attached hydrogens (tertiary/aromatic N) is 3. The minimum Gasteiger partial charge on any atom is -0.492 e. The number of carbonyl (C=O) groups is 1. The van der Waals surface area contributed by atoms with Crippen molar-refractivity contribution in [3.63, 3.8) is 0 Å². The van der Waals surface area contributed by atoms with Crippen LogP contribution in [-0.2, 0) is 37.9 Å². The topological polar surface area (TPSA) is 129 Å². The van der Waals surface area contributed by atoms with E-state index in [1.54, 1.807) is 31.2 Å². The first-order valence-corrected chi connectivity index (χ1v) is 19.8. The molecule has 1 saturated heterocycles. The quantitative estimate of drug-likeness (QED) is 0.0507. The number of non-ortho nitro benzene ring substituents is 1. The summed E-state index contributed by atoms with van der Waals surface area (Å²) in [7, 11) is -4.14. The SMILES string of the molecule is CCOC(=O)[C@H](Cc1ccc(OCCN(C2[C@H]3CN(Cc4cc(F)c(F)cc4F)C[C@@H]23)S(=O)(=O)c2ccc([N+](=O)[O-])cc2)cc1)Oc1ccc(C(C)(C)C)cc1. The van der Waals surface area contributed by atoms with Crippen LogP contribution in [0.4, 0.5) is 18.9 Å². The Hall–Kier alpha value is -4.99. The minimum atomic E-state index is -4.14. The van der Waals surface area contributed by atoms with Crippen LogP contribution in [0.3, 0.4) is 0 Å². The first kappa shape index (κ1) is 40.7. The highest BCUT2D eigenvalue weighted by Crippen LogP contribution is 2.50. The van der Waals surface area contributed by atoms with Gasteiger partial charge in [-0.2, -0.15) is 4.31 Å². The molecule has 0 amide bonds. The fraction of sp³-hybridized carbons (Fsp3) is 0.390. The number of rotatable bonds is 16. The van der Waals surface area contributed by atoms with Crippen molar-refractivity contribution < 1.29 is 45.5 Å². The van der Waals surface area contributed by atoms with Gasteiger partial charge in [0.15, 0.2) is 17.7 Å². The van der Waals surface area contributed by atoms with Crippen LogP contribution in [0.25, 0.3) is 0 Å². The van der Waals surface area contributed by atoms with Crippen LogP contribution in [0.1, 0.15) is 44.4 Å². The van der Waals surface area contributed by atoms with Gasteiger partial charge in [0.05, 0.1) is 16.4 Å². The van der Waals surface area contributed by atoms with Gasteiger partial charge in [0, 0.05) is 62.4 Å². The number of halogens is 3. The molecule has 0 bridgehead atoms. The second-order valence-electron chi connectivity index (χ2n) is 15.1. The Morgan fingerprint density at radius 2 is 1.52 bits per heavy atom. The number of carbonyl (C=O) groups excluding carboxylic acids is 1. The number of nitro benzene ring substituents is 1. The lowest BCUT2D eigenvalue weighted by Crippen LogP contribution is -2.41. The third kappa shape index (κ3) is 9.33. The summed E-state index contributed by atoms with van der Waals surface area (Å²) in [4.78, 5) is 25.2. The Labute approximate surface area is 324 Å². The van der Waals surface area contributed by atoms with Crippen LogP contribution in [-0.4, -0.2) is 73.5 Å². The fourth-order valence-corrected chi connectivity index (χ4v) is 8.86. The van der Waals surface area contributed by atoms with Crippen LogP contribution < -0.4 is 9.47 Å². The van der Waals surface area contributed by atoms with Gasteiger partial charge in [-0.05, 0) is 77.8 Å². The van der Waals surface area contributed by atoms with E-state index in [4.69, 9.17) is 14.2 Å². The van der Waals surface area contributed by atoms with Crippen LogP contribution in [0, 0.1) is 39.4 Å². The molecule has 11 nitrogen and oxygen atoms in total. The maximum Gasteiger partial charge on any atom is 0.347 e. The van der Waals surface area contributed by atoms with E-state index in [9.17, 15) is 36.5 Å². The molecule has 2 fully saturated rings. The molecule has 4 aromatic rings. The first-order valence-electron chi connectivity index (χ1n) is 18.3. The average molecular weight is 796 g/mol. The van der Waals surface area contributed by atoms with Crippen molar-refractivity contribution >= 4 is 21.7 Å². The molecule has 1 aliphatic carbocycles. The van der Waals surface area contributed by atoms with Crippen molar-refractivity contribution in [3.05, 3.63) is 129 Å². The van der Waals surface area contributed by atoms with Crippen molar-refractivity contribution in [2.24, 2.45) is 11.8 Å². The van der Waals surface area contributed by atoms with Crippen LogP contribution in [0.2, 0.25) is 0 Å². The summed E-state index contributed by atoms with van der Waals surface area (Å²) in [5.41, 5.74) is 1.62. The van der Waals surface area contributed by atoms with Gasteiger partial charge in [-0.3, -0.25) is 15.0 Å². The number of piperidine rings is 1. The van der Waals surface area contributed by atoms with Crippen molar-refractivity contribution in [2.45, 2.75) is 63.1 Å². The van der Waals surface area contributed by atoms with Gasteiger partial charge in [0.1, 0.15) is 23.9 Å². The Morgan fingerprint density at radius 3 is 2.11 bits per heavy atom. The summed E-state index contributed by atoms with van der Waals surface area (Å²) in [6, 6.07) is 20.2. The predicted octanol–water partition coefficient (Wildman–Crippen LogP) is 7.06. The summed E-state index contributed by atoms with van der Waals surface area (Å²) >= 11 is 0. The Balaban J connectivity index is 1.11. The van der Waals surface area contributed by atoms with Crippen LogP contribution in [0.5, 0.6) is 11.5 Å². The fourth-order valence-electron chi connectivity index (χ4n) is 7.16. The molecule has 0 spiro atoms. The number of nitro groups is 1. The van der Waals surface area contributed by atoms with E-state index < -0.39 is 50.5 Å². The number of sulfonamides is 1. The van der Waals surface area contributed by atoms with Gasteiger partial charge in [-0.25, -0.2) is 26.4 Å². The third-order valence-electron chi connectivity index (χ3n) is 10.2. The molecule has 1 heterocycles. The van der Waals surface area contributed by atoms with Crippen molar-refractivity contribution in [3.8, 4) is 11.5 Å². The smallest absolute Gasteiger partial charge is 0.347 e. The van der Waals surface area contributed by atoms with Gasteiger partial charge in [-0.1, -0.05) is 45.0 Å². The first-order chi connectivity index (χ1) is 26.5. The lowest BCUT2D eigenvalue weighted by molar-refractivity contribution is -0.384. The number of fused-ring (bicyclic) bond motifs is 1. The normalized spacial score (nSPS) is 18.7. The molecule has 1 saturated carbocycles. The number of hydrogen-bond donors (Lipinski definition) is 0. The zero-order valence-electron chi connectivity index (χ0n) is 31.5. The molecule has 6 rings (SSSR count). The molecule has 1 aliphatic heterocycles. The molecule has 4 atom stereocenters. The average Bonchev–Trinajstić information content (AvgIpc) is 3.63. The zero-order valence-corrected chi connectivity index (χ0v) is 32.3. The summed E-state index contributed by atoms with van der Waals surface area (Å²) < 4.78 is 88.4. The summed E-state index contributed by atoms with van der Waals surface area (Å²) in [5.74, 6) is -2.99. The Kier molecular flexibility index (Phi) is 12.1. The molecule has 2 aliphatic rings. The molecule has 298 valence electrons. The van der Waals surface area contributed by atoms with Crippen molar-refractivity contribution in [2.75, 3.05) is 32.8 Å². The van der Waals surface area contributed by atoms with Gasteiger partial charge in [-0.15, -0.1) is 0 Å². The summed E-state index contributed by atoms with van der Waals surface area (Å²) in [5, 5.41) is 11.2. The number of hydrogen-bond acceptors (Lipinski definition) is 9. The van der Waals surface area contributed by atoms with E-state index in [0.717, 1.165) is 29.3 Å². The van der Waals surface area contributed by atoms with E-state index in [1.807, 2.05) is 29.2 Å². The third-order valence-corrected chi connectivity index (χ3v) is 12.1. The Morgan fingerprint density at radius 1 is 0.911 bits per heavy atom. The second-order valence-corrected chi connectivity index (χ2v) is 17.0. The van der Waals surface area contributed by atoms with E-state index in [1.165, 1.54) is 16.4 Å². The largest absolute Gasteiger partial charge is 0.492 e. The minimum absolute atomic E-state index is 0.00589. The van der Waals surface area contributed by atoms with E-state index in [2.05, 4.69) is 20.8 Å². The molecule has 4 aromatic carbocycles. The number of benzene rings is 4. The van der Waals surface area contributed by atoms with Crippen LogP contribution in [0.15, 0.2) is 89.8 Å². The van der Waals surface area contributed by atoms with E-state index >= 15 is 0 Å². The van der Waals surface area contributed by atoms with E-state index in [0.29, 0.717) is 30.7 Å². The van der Waals surface area contributed by atoms with Crippen LogP contribution >= 0.6 is 0 Å².